The molecule has 1 saturated heterocycles. The van der Waals surface area contributed by atoms with Crippen molar-refractivity contribution in [3.05, 3.63) is 12.2 Å². The fraction of sp³-hybridized carbons (Fsp3) is 0.727. The van der Waals surface area contributed by atoms with Crippen LogP contribution in [-0.4, -0.2) is 12.1 Å². The van der Waals surface area contributed by atoms with Crippen LogP contribution in [0.4, 0.5) is 0 Å². The van der Waals surface area contributed by atoms with Crippen molar-refractivity contribution in [3.63, 3.8) is 0 Å². The molecule has 0 aromatic carbocycles. The van der Waals surface area contributed by atoms with Crippen LogP contribution in [0.3, 0.4) is 0 Å². The van der Waals surface area contributed by atoms with Crippen LogP contribution in [0.25, 0.3) is 0 Å². The van der Waals surface area contributed by atoms with E-state index in [2.05, 4.69) is 32.9 Å². The number of hydrogen-bond donors (Lipinski definition) is 0. The first-order chi connectivity index (χ1) is 5.91. The van der Waals surface area contributed by atoms with Crippen molar-refractivity contribution in [3.8, 4) is 0 Å². The lowest BCUT2D eigenvalue weighted by Crippen LogP contribution is -2.35. The van der Waals surface area contributed by atoms with Crippen molar-refractivity contribution in [1.82, 2.24) is 0 Å². The quantitative estimate of drug-likeness (QED) is 0.422. The van der Waals surface area contributed by atoms with E-state index >= 15 is 0 Å². The van der Waals surface area contributed by atoms with Crippen molar-refractivity contribution in [1.29, 1.82) is 0 Å². The summed E-state index contributed by atoms with van der Waals surface area (Å²) < 4.78 is 5.24. The number of ether oxygens (including phenoxy) is 1. The van der Waals surface area contributed by atoms with Crippen LogP contribution in [0.15, 0.2) is 12.2 Å². The first-order valence-electron chi connectivity index (χ1n) is 4.80. The number of carbonyl (C=O) groups is 1. The van der Waals surface area contributed by atoms with Crippen LogP contribution in [0.2, 0.25) is 0 Å². The van der Waals surface area contributed by atoms with Gasteiger partial charge in [0.1, 0.15) is 6.10 Å². The molecule has 0 unspecified atom stereocenters. The Morgan fingerprint density at radius 2 is 2.15 bits per heavy atom. The van der Waals surface area contributed by atoms with E-state index in [0.29, 0.717) is 6.42 Å². The minimum absolute atomic E-state index is 0.0213. The van der Waals surface area contributed by atoms with E-state index < -0.39 is 0 Å². The van der Waals surface area contributed by atoms with E-state index in [1.807, 2.05) is 0 Å². The first-order valence-corrected chi connectivity index (χ1v) is 4.80. The number of allylic oxidation sites excluding steroid dienone is 1. The highest BCUT2D eigenvalue weighted by Gasteiger charge is 2.48. The molecule has 0 spiro atoms. The lowest BCUT2D eigenvalue weighted by Gasteiger charge is -2.38. The Labute approximate surface area is 79.0 Å². The van der Waals surface area contributed by atoms with Gasteiger partial charge < -0.3 is 4.74 Å². The summed E-state index contributed by atoms with van der Waals surface area (Å²) in [6, 6.07) is 0. The number of hydrogen-bond acceptors (Lipinski definition) is 2. The third-order valence-electron chi connectivity index (χ3n) is 3.08. The number of rotatable bonds is 0. The molecule has 2 rings (SSSR count). The Morgan fingerprint density at radius 1 is 1.46 bits per heavy atom. The van der Waals surface area contributed by atoms with Crippen molar-refractivity contribution in [2.24, 2.45) is 10.8 Å². The molecule has 0 aromatic heterocycles. The molecule has 72 valence electrons. The van der Waals surface area contributed by atoms with E-state index in [4.69, 9.17) is 4.74 Å². The second-order valence-electron chi connectivity index (χ2n) is 5.27. The molecule has 2 atom stereocenters. The summed E-state index contributed by atoms with van der Waals surface area (Å²) in [5.41, 5.74) is 0.245. The monoisotopic (exact) mass is 180 g/mol. The maximum Gasteiger partial charge on any atom is 0.307 e. The molecule has 0 radical (unpaired) electrons. The van der Waals surface area contributed by atoms with E-state index in [1.54, 1.807) is 0 Å². The van der Waals surface area contributed by atoms with Gasteiger partial charge in [-0.1, -0.05) is 26.8 Å². The molecule has 1 fully saturated rings. The van der Waals surface area contributed by atoms with Gasteiger partial charge in [-0.3, -0.25) is 4.79 Å². The van der Waals surface area contributed by atoms with Gasteiger partial charge in [0.25, 0.3) is 0 Å². The van der Waals surface area contributed by atoms with Crippen LogP contribution in [0, 0.1) is 10.8 Å². The minimum atomic E-state index is -0.0464. The molecule has 13 heavy (non-hydrogen) atoms. The number of fused-ring (bicyclic) bond motifs is 1. The zero-order valence-electron chi connectivity index (χ0n) is 8.46. The number of esters is 1. The summed E-state index contributed by atoms with van der Waals surface area (Å²) in [7, 11) is 0. The molecule has 1 aliphatic carbocycles. The second kappa shape index (κ2) is 2.37. The van der Waals surface area contributed by atoms with Crippen molar-refractivity contribution < 1.29 is 9.53 Å². The van der Waals surface area contributed by atoms with Crippen LogP contribution in [0.1, 0.15) is 33.6 Å². The normalized spacial score (nSPS) is 41.5. The van der Waals surface area contributed by atoms with Gasteiger partial charge in [-0.15, -0.1) is 0 Å². The van der Waals surface area contributed by atoms with Crippen molar-refractivity contribution in [2.75, 3.05) is 0 Å². The Bertz CT molecular complexity index is 278. The Balaban J connectivity index is 2.30. The highest BCUT2D eigenvalue weighted by atomic mass is 16.6. The predicted octanol–water partition coefficient (Wildman–Crippen LogP) is 2.29. The third-order valence-corrected chi connectivity index (χ3v) is 3.08. The van der Waals surface area contributed by atoms with Crippen LogP contribution in [0.5, 0.6) is 0 Å². The summed E-state index contributed by atoms with van der Waals surface area (Å²) >= 11 is 0. The van der Waals surface area contributed by atoms with Gasteiger partial charge in [0.2, 0.25) is 0 Å². The fourth-order valence-electron chi connectivity index (χ4n) is 2.64. The summed E-state index contributed by atoms with van der Waals surface area (Å²) in [6.45, 7) is 6.55. The third kappa shape index (κ3) is 1.38. The summed E-state index contributed by atoms with van der Waals surface area (Å²) in [6.07, 6.45) is 5.85. The minimum Gasteiger partial charge on any atom is -0.457 e. The molecule has 2 nitrogen and oxygen atoms in total. The summed E-state index contributed by atoms with van der Waals surface area (Å²) in [4.78, 5) is 11.2. The standard InChI is InChI=1S/C11H16O2/c1-10(2)5-4-8-11(3,7-10)6-9(12)13-8/h4-5,8H,6-7H2,1-3H3/t8-,11+/m0/s1. The van der Waals surface area contributed by atoms with E-state index in [1.165, 1.54) is 0 Å². The molecule has 2 aliphatic rings. The predicted molar refractivity (Wildman–Crippen MR) is 50.1 cm³/mol. The summed E-state index contributed by atoms with van der Waals surface area (Å²) in [5, 5.41) is 0. The van der Waals surface area contributed by atoms with Crippen molar-refractivity contribution >= 4 is 5.97 Å². The SMILES string of the molecule is CC1(C)C=C[C@@H]2OC(=O)C[C@]2(C)C1. The Hall–Kier alpha value is -0.790. The fourth-order valence-corrected chi connectivity index (χ4v) is 2.64. The first kappa shape index (κ1) is 8.79. The molecule has 0 aromatic rings. The highest BCUT2D eigenvalue weighted by Crippen LogP contribution is 2.48. The zero-order chi connectivity index (χ0) is 9.69. The molecular formula is C11H16O2. The largest absolute Gasteiger partial charge is 0.457 e. The van der Waals surface area contributed by atoms with Crippen molar-refractivity contribution in [2.45, 2.75) is 39.7 Å². The molecule has 0 N–H and O–H groups in total. The van der Waals surface area contributed by atoms with Gasteiger partial charge in [0, 0.05) is 5.41 Å². The van der Waals surface area contributed by atoms with Crippen LogP contribution < -0.4 is 0 Å². The maximum absolute atomic E-state index is 11.2. The van der Waals surface area contributed by atoms with E-state index in [0.717, 1.165) is 6.42 Å². The second-order valence-corrected chi connectivity index (χ2v) is 5.27. The molecule has 1 aliphatic heterocycles. The van der Waals surface area contributed by atoms with Crippen LogP contribution in [-0.2, 0) is 9.53 Å². The molecule has 0 saturated carbocycles. The van der Waals surface area contributed by atoms with E-state index in [-0.39, 0.29) is 22.9 Å². The maximum atomic E-state index is 11.2. The lowest BCUT2D eigenvalue weighted by molar-refractivity contribution is -0.140. The van der Waals surface area contributed by atoms with E-state index in [9.17, 15) is 4.79 Å². The van der Waals surface area contributed by atoms with Crippen LogP contribution >= 0.6 is 0 Å². The van der Waals surface area contributed by atoms with Gasteiger partial charge in [-0.2, -0.15) is 0 Å². The molecule has 1 heterocycles. The summed E-state index contributed by atoms with van der Waals surface area (Å²) in [5.74, 6) is -0.0464. The van der Waals surface area contributed by atoms with Gasteiger partial charge in [0.05, 0.1) is 6.42 Å². The molecule has 0 bridgehead atoms. The average molecular weight is 180 g/mol. The lowest BCUT2D eigenvalue weighted by atomic mass is 9.66. The Morgan fingerprint density at radius 3 is 2.85 bits per heavy atom. The van der Waals surface area contributed by atoms with Gasteiger partial charge in [-0.25, -0.2) is 0 Å². The van der Waals surface area contributed by atoms with Gasteiger partial charge >= 0.3 is 5.97 Å². The molecule has 0 amide bonds. The zero-order valence-corrected chi connectivity index (χ0v) is 8.46. The van der Waals surface area contributed by atoms with Gasteiger partial charge in [0.15, 0.2) is 0 Å². The Kier molecular flexibility index (Phi) is 1.60. The smallest absolute Gasteiger partial charge is 0.307 e. The average Bonchev–Trinajstić information content (AvgIpc) is 2.20. The van der Waals surface area contributed by atoms with Gasteiger partial charge in [-0.05, 0) is 17.9 Å². The molecule has 2 heteroatoms. The number of carbonyl (C=O) groups excluding carboxylic acids is 1. The highest BCUT2D eigenvalue weighted by molar-refractivity contribution is 5.73. The topological polar surface area (TPSA) is 26.3 Å². The molecular weight excluding hydrogens is 164 g/mol.